The molecule has 1 saturated heterocycles. The van der Waals surface area contributed by atoms with Crippen LogP contribution in [-0.2, 0) is 9.59 Å². The van der Waals surface area contributed by atoms with Gasteiger partial charge in [-0.3, -0.25) is 19.8 Å². The Bertz CT molecular complexity index is 688. The zero-order valence-electron chi connectivity index (χ0n) is 10.7. The predicted molar refractivity (Wildman–Crippen MR) is 84.7 cm³/mol. The van der Waals surface area contributed by atoms with Crippen LogP contribution < -0.4 is 5.32 Å². The maximum atomic E-state index is 13.3. The molecule has 0 radical (unpaired) electrons. The van der Waals surface area contributed by atoms with Crippen LogP contribution in [0.25, 0.3) is 6.08 Å². The molecule has 0 bridgehead atoms. The molecule has 1 aliphatic heterocycles. The molecular weight excluding hydrogens is 359 g/mol. The van der Waals surface area contributed by atoms with Gasteiger partial charge in [-0.05, 0) is 42.1 Å². The van der Waals surface area contributed by atoms with E-state index in [1.165, 1.54) is 35.3 Å². The number of carbonyl (C=O) groups excluding carboxylic acids is 2. The summed E-state index contributed by atoms with van der Waals surface area (Å²) in [5, 5.41) is 2.45. The molecule has 1 N–H and O–H groups in total. The van der Waals surface area contributed by atoms with Crippen molar-refractivity contribution >= 4 is 51.2 Å². The van der Waals surface area contributed by atoms with Gasteiger partial charge in [0.25, 0.3) is 11.8 Å². The third-order valence-corrected chi connectivity index (χ3v) is 3.80. The Morgan fingerprint density at radius 3 is 2.81 bits per heavy atom. The Hall–Kier alpha value is -1.86. The Labute approximate surface area is 134 Å². The Morgan fingerprint density at radius 1 is 1.43 bits per heavy atom. The second-order valence-electron chi connectivity index (χ2n) is 4.19. The van der Waals surface area contributed by atoms with E-state index in [1.54, 1.807) is 0 Å². The zero-order chi connectivity index (χ0) is 15.6. The molecular formula is C14H10BrFN2O2S. The maximum absolute atomic E-state index is 13.3. The lowest BCUT2D eigenvalue weighted by molar-refractivity contribution is -0.128. The van der Waals surface area contributed by atoms with Gasteiger partial charge in [-0.15, -0.1) is 6.58 Å². The highest BCUT2D eigenvalue weighted by Gasteiger charge is 2.32. The van der Waals surface area contributed by atoms with Gasteiger partial charge in [0.05, 0.1) is 0 Å². The van der Waals surface area contributed by atoms with Crippen LogP contribution in [-0.4, -0.2) is 28.4 Å². The number of carbonyl (C=O) groups is 2. The largest absolute Gasteiger partial charge is 0.298 e. The van der Waals surface area contributed by atoms with E-state index in [4.69, 9.17) is 12.2 Å². The molecule has 4 nitrogen and oxygen atoms in total. The number of benzene rings is 1. The smallest absolute Gasteiger partial charge is 0.265 e. The molecule has 7 heteroatoms. The predicted octanol–water partition coefficient (Wildman–Crippen LogP) is 2.40. The minimum atomic E-state index is -0.610. The molecule has 0 aliphatic carbocycles. The topological polar surface area (TPSA) is 49.4 Å². The van der Waals surface area contributed by atoms with E-state index < -0.39 is 17.6 Å². The van der Waals surface area contributed by atoms with Crippen molar-refractivity contribution < 1.29 is 14.0 Å². The van der Waals surface area contributed by atoms with E-state index in [1.807, 2.05) is 0 Å². The second kappa shape index (κ2) is 6.28. The van der Waals surface area contributed by atoms with Gasteiger partial charge in [0, 0.05) is 11.0 Å². The molecule has 108 valence electrons. The van der Waals surface area contributed by atoms with Crippen LogP contribution in [0.3, 0.4) is 0 Å². The molecule has 0 aromatic heterocycles. The van der Waals surface area contributed by atoms with E-state index in [0.717, 1.165) is 0 Å². The fraction of sp³-hybridized carbons (Fsp3) is 0.0714. The summed E-state index contributed by atoms with van der Waals surface area (Å²) in [4.78, 5) is 25.4. The molecule has 2 amide bonds. The quantitative estimate of drug-likeness (QED) is 0.385. The Kier molecular flexibility index (Phi) is 4.64. The molecule has 0 spiro atoms. The first-order valence-electron chi connectivity index (χ1n) is 5.89. The minimum Gasteiger partial charge on any atom is -0.298 e. The third-order valence-electron chi connectivity index (χ3n) is 2.76. The first kappa shape index (κ1) is 15.5. The van der Waals surface area contributed by atoms with Gasteiger partial charge in [-0.25, -0.2) is 4.39 Å². The number of hydrogen-bond acceptors (Lipinski definition) is 3. The molecule has 21 heavy (non-hydrogen) atoms. The van der Waals surface area contributed by atoms with E-state index in [-0.39, 0.29) is 17.2 Å². The summed E-state index contributed by atoms with van der Waals surface area (Å²) in [5.74, 6) is -1.62. The van der Waals surface area contributed by atoms with Gasteiger partial charge in [0.1, 0.15) is 11.4 Å². The molecule has 1 fully saturated rings. The molecule has 2 rings (SSSR count). The van der Waals surface area contributed by atoms with Crippen molar-refractivity contribution in [3.63, 3.8) is 0 Å². The average Bonchev–Trinajstić information content (AvgIpc) is 2.43. The summed E-state index contributed by atoms with van der Waals surface area (Å²) in [6.07, 6.45) is 2.82. The van der Waals surface area contributed by atoms with E-state index >= 15 is 0 Å². The first-order valence-corrected chi connectivity index (χ1v) is 7.09. The first-order chi connectivity index (χ1) is 9.93. The monoisotopic (exact) mass is 368 g/mol. The summed E-state index contributed by atoms with van der Waals surface area (Å²) in [6, 6.07) is 4.00. The SMILES string of the molecule is C=CCN1C(=O)/C(=C/c2cc(F)ccc2Br)C(=O)NC1=S. The summed E-state index contributed by atoms with van der Waals surface area (Å²) in [5.41, 5.74) is 0.275. The van der Waals surface area contributed by atoms with Crippen molar-refractivity contribution in [1.82, 2.24) is 10.2 Å². The van der Waals surface area contributed by atoms with Gasteiger partial charge in [0.15, 0.2) is 5.11 Å². The van der Waals surface area contributed by atoms with Gasteiger partial charge < -0.3 is 0 Å². The van der Waals surface area contributed by atoms with Crippen molar-refractivity contribution in [3.8, 4) is 0 Å². The van der Waals surface area contributed by atoms with Crippen LogP contribution >= 0.6 is 28.1 Å². The van der Waals surface area contributed by atoms with Gasteiger partial charge in [-0.1, -0.05) is 22.0 Å². The Balaban J connectivity index is 2.45. The maximum Gasteiger partial charge on any atom is 0.265 e. The highest BCUT2D eigenvalue weighted by Crippen LogP contribution is 2.22. The fourth-order valence-corrected chi connectivity index (χ4v) is 2.38. The van der Waals surface area contributed by atoms with Crippen LogP contribution in [0.4, 0.5) is 4.39 Å². The van der Waals surface area contributed by atoms with Gasteiger partial charge in [0.2, 0.25) is 0 Å². The minimum absolute atomic E-state index is 0.0281. The molecule has 0 atom stereocenters. The van der Waals surface area contributed by atoms with Crippen molar-refractivity contribution in [1.29, 1.82) is 0 Å². The van der Waals surface area contributed by atoms with Crippen molar-refractivity contribution in [2.24, 2.45) is 0 Å². The molecule has 0 unspecified atom stereocenters. The summed E-state index contributed by atoms with van der Waals surface area (Å²) < 4.78 is 13.8. The lowest BCUT2D eigenvalue weighted by Gasteiger charge is -2.27. The van der Waals surface area contributed by atoms with E-state index in [0.29, 0.717) is 10.0 Å². The number of rotatable bonds is 3. The zero-order valence-corrected chi connectivity index (χ0v) is 13.1. The lowest BCUT2D eigenvalue weighted by atomic mass is 10.1. The standard InChI is InChI=1S/C14H10BrFN2O2S/c1-2-5-18-13(20)10(12(19)17-14(18)21)7-8-6-9(16)3-4-11(8)15/h2-4,6-7H,1,5H2,(H,17,19,21)/b10-7+. The summed E-state index contributed by atoms with van der Waals surface area (Å²) in [7, 11) is 0. The number of nitrogens with one attached hydrogen (secondary N) is 1. The lowest BCUT2D eigenvalue weighted by Crippen LogP contribution is -2.53. The van der Waals surface area contributed by atoms with Crippen molar-refractivity contribution in [3.05, 3.63) is 52.3 Å². The van der Waals surface area contributed by atoms with Crippen molar-refractivity contribution in [2.45, 2.75) is 0 Å². The second-order valence-corrected chi connectivity index (χ2v) is 5.43. The average molecular weight is 369 g/mol. The van der Waals surface area contributed by atoms with Crippen LogP contribution in [0, 0.1) is 5.82 Å². The van der Waals surface area contributed by atoms with Crippen LogP contribution in [0.5, 0.6) is 0 Å². The number of hydrogen-bond donors (Lipinski definition) is 1. The number of nitrogens with zero attached hydrogens (tertiary/aromatic N) is 1. The van der Waals surface area contributed by atoms with Crippen LogP contribution in [0.1, 0.15) is 5.56 Å². The van der Waals surface area contributed by atoms with Crippen LogP contribution in [0.2, 0.25) is 0 Å². The van der Waals surface area contributed by atoms with Crippen LogP contribution in [0.15, 0.2) is 40.9 Å². The molecule has 1 aromatic rings. The molecule has 1 aliphatic rings. The highest BCUT2D eigenvalue weighted by molar-refractivity contribution is 9.10. The highest BCUT2D eigenvalue weighted by atomic mass is 79.9. The van der Waals surface area contributed by atoms with E-state index in [9.17, 15) is 14.0 Å². The number of thiocarbonyl (C=S) groups is 1. The number of amides is 2. The fourth-order valence-electron chi connectivity index (χ4n) is 1.77. The van der Waals surface area contributed by atoms with E-state index in [2.05, 4.69) is 27.8 Å². The Morgan fingerprint density at radius 2 is 2.14 bits per heavy atom. The normalized spacial score (nSPS) is 17.1. The summed E-state index contributed by atoms with van der Waals surface area (Å²) in [6.45, 7) is 3.71. The van der Waals surface area contributed by atoms with Crippen molar-refractivity contribution in [2.75, 3.05) is 6.54 Å². The number of halogens is 2. The summed E-state index contributed by atoms with van der Waals surface area (Å²) >= 11 is 8.18. The molecule has 0 saturated carbocycles. The van der Waals surface area contributed by atoms with Gasteiger partial charge >= 0.3 is 0 Å². The molecule has 1 aromatic carbocycles. The third kappa shape index (κ3) is 3.25. The molecule has 1 heterocycles. The van der Waals surface area contributed by atoms with Gasteiger partial charge in [-0.2, -0.15) is 0 Å².